The van der Waals surface area contributed by atoms with Crippen LogP contribution in [0.3, 0.4) is 0 Å². The number of ether oxygens (including phenoxy) is 2. The number of benzene rings is 1. The molecular formula is C28H44N2O4. The minimum Gasteiger partial charge on any atom is -0.507 e. The number of hydrogen-bond donors (Lipinski definition) is 2. The molecule has 0 spiro atoms. The first kappa shape index (κ1) is 26.7. The smallest absolute Gasteiger partial charge is 0.127 e. The topological polar surface area (TPSA) is 65.4 Å². The molecule has 0 saturated carbocycles. The molecule has 4 rings (SSSR count). The van der Waals surface area contributed by atoms with Gasteiger partial charge in [-0.05, 0) is 45.1 Å². The first-order chi connectivity index (χ1) is 16.4. The van der Waals surface area contributed by atoms with Crippen LogP contribution < -0.4 is 0 Å². The van der Waals surface area contributed by atoms with Crippen molar-refractivity contribution in [3.63, 3.8) is 0 Å². The molecule has 0 bridgehead atoms. The lowest BCUT2D eigenvalue weighted by Crippen LogP contribution is -2.37. The van der Waals surface area contributed by atoms with E-state index in [9.17, 15) is 10.2 Å². The molecule has 0 unspecified atom stereocenters. The predicted molar refractivity (Wildman–Crippen MR) is 137 cm³/mol. The van der Waals surface area contributed by atoms with Crippen molar-refractivity contribution in [2.24, 2.45) is 5.92 Å². The number of aromatic hydroxyl groups is 2. The molecule has 3 aliphatic rings. The number of phenols is 2. The number of morpholine rings is 2. The van der Waals surface area contributed by atoms with Gasteiger partial charge in [-0.3, -0.25) is 9.80 Å². The van der Waals surface area contributed by atoms with E-state index in [0.29, 0.717) is 19.0 Å². The Bertz CT molecular complexity index is 807. The van der Waals surface area contributed by atoms with Crippen molar-refractivity contribution in [3.8, 4) is 11.5 Å². The molecule has 2 saturated heterocycles. The molecule has 6 nitrogen and oxygen atoms in total. The lowest BCUT2D eigenvalue weighted by atomic mass is 9.76. The normalized spacial score (nSPS) is 24.2. The first-order valence-electron chi connectivity index (χ1n) is 12.8. The number of phenolic OH excluding ortho intramolecular Hbond substituents is 2. The molecule has 0 amide bonds. The van der Waals surface area contributed by atoms with Gasteiger partial charge >= 0.3 is 0 Å². The molecule has 190 valence electrons. The average Bonchev–Trinajstić information content (AvgIpc) is 2.84. The molecule has 1 aromatic carbocycles. The predicted octanol–water partition coefficient (Wildman–Crippen LogP) is 4.72. The SMILES string of the molecule is C=CC.CC1=C[C@@H](c2c(O)c(CN3CCOCC3)c(C)c(CN3CCOCC3)c2O)[C@H](C)CC1. The summed E-state index contributed by atoms with van der Waals surface area (Å²) in [5, 5.41) is 23.0. The van der Waals surface area contributed by atoms with Crippen LogP contribution >= 0.6 is 0 Å². The molecule has 2 aliphatic heterocycles. The fraction of sp³-hybridized carbons (Fsp3) is 0.643. The minimum absolute atomic E-state index is 0.0428. The fourth-order valence-corrected chi connectivity index (χ4v) is 5.20. The third-order valence-electron chi connectivity index (χ3n) is 7.36. The number of hydrogen-bond acceptors (Lipinski definition) is 6. The van der Waals surface area contributed by atoms with Crippen molar-refractivity contribution >= 4 is 0 Å². The van der Waals surface area contributed by atoms with Gasteiger partial charge in [0, 0.05) is 61.9 Å². The summed E-state index contributed by atoms with van der Waals surface area (Å²) in [6.45, 7) is 19.5. The van der Waals surface area contributed by atoms with Gasteiger partial charge in [-0.1, -0.05) is 24.6 Å². The molecule has 2 heterocycles. The maximum Gasteiger partial charge on any atom is 0.127 e. The Morgan fingerprint density at radius 1 is 0.941 bits per heavy atom. The largest absolute Gasteiger partial charge is 0.507 e. The third-order valence-corrected chi connectivity index (χ3v) is 7.36. The zero-order valence-electron chi connectivity index (χ0n) is 21.6. The van der Waals surface area contributed by atoms with Gasteiger partial charge in [-0.2, -0.15) is 0 Å². The lowest BCUT2D eigenvalue weighted by Gasteiger charge is -2.33. The lowest BCUT2D eigenvalue weighted by molar-refractivity contribution is 0.0327. The molecule has 2 N–H and O–H groups in total. The number of rotatable bonds is 5. The van der Waals surface area contributed by atoms with E-state index in [0.717, 1.165) is 87.7 Å². The maximum atomic E-state index is 11.5. The monoisotopic (exact) mass is 472 g/mol. The highest BCUT2D eigenvalue weighted by Gasteiger charge is 2.32. The van der Waals surface area contributed by atoms with Crippen molar-refractivity contribution < 1.29 is 19.7 Å². The van der Waals surface area contributed by atoms with E-state index in [-0.39, 0.29) is 17.4 Å². The van der Waals surface area contributed by atoms with Gasteiger partial charge in [-0.15, -0.1) is 6.58 Å². The van der Waals surface area contributed by atoms with Gasteiger partial charge in [-0.25, -0.2) is 0 Å². The third kappa shape index (κ3) is 6.42. The molecule has 0 aromatic heterocycles. The summed E-state index contributed by atoms with van der Waals surface area (Å²) in [6, 6.07) is 0. The molecule has 2 atom stereocenters. The minimum atomic E-state index is 0.0428. The van der Waals surface area contributed by atoms with Crippen LogP contribution in [0.5, 0.6) is 11.5 Å². The molecule has 1 aliphatic carbocycles. The van der Waals surface area contributed by atoms with Crippen molar-refractivity contribution in [3.05, 3.63) is 46.6 Å². The molecule has 6 heteroatoms. The second-order valence-electron chi connectivity index (χ2n) is 9.93. The Morgan fingerprint density at radius 2 is 1.38 bits per heavy atom. The summed E-state index contributed by atoms with van der Waals surface area (Å²) in [5.41, 5.74) is 5.00. The van der Waals surface area contributed by atoms with Crippen LogP contribution in [-0.4, -0.2) is 72.6 Å². The van der Waals surface area contributed by atoms with Crippen molar-refractivity contribution in [1.82, 2.24) is 9.80 Å². The van der Waals surface area contributed by atoms with E-state index in [1.807, 2.05) is 6.92 Å². The van der Waals surface area contributed by atoms with E-state index in [1.54, 1.807) is 6.08 Å². The Hall–Kier alpha value is -1.86. The van der Waals surface area contributed by atoms with Crippen LogP contribution in [0.25, 0.3) is 0 Å². The van der Waals surface area contributed by atoms with Crippen LogP contribution in [0.1, 0.15) is 61.8 Å². The van der Waals surface area contributed by atoms with Gasteiger partial charge in [0.1, 0.15) is 11.5 Å². The van der Waals surface area contributed by atoms with E-state index in [1.165, 1.54) is 5.57 Å². The van der Waals surface area contributed by atoms with Crippen molar-refractivity contribution in [1.29, 1.82) is 0 Å². The van der Waals surface area contributed by atoms with E-state index < -0.39 is 0 Å². The van der Waals surface area contributed by atoms with E-state index in [4.69, 9.17) is 9.47 Å². The summed E-state index contributed by atoms with van der Waals surface area (Å²) in [7, 11) is 0. The highest BCUT2D eigenvalue weighted by molar-refractivity contribution is 5.60. The summed E-state index contributed by atoms with van der Waals surface area (Å²) in [6.07, 6.45) is 6.18. The zero-order chi connectivity index (χ0) is 24.7. The standard InChI is InChI=1S/C25H38N2O4.C3H6/c1-17-4-5-18(2)20(14-17)23-24(28)21(15-26-6-10-30-11-7-26)19(3)22(25(23)29)16-27-8-12-31-13-9-27;1-3-2/h14,18,20,28-29H,4-13,15-16H2,1-3H3;3H,1H2,2H3/t18-,20-;/m1./s1. The Kier molecular flexibility index (Phi) is 10.0. The second-order valence-corrected chi connectivity index (χ2v) is 9.93. The van der Waals surface area contributed by atoms with Gasteiger partial charge in [0.05, 0.1) is 26.4 Å². The molecule has 34 heavy (non-hydrogen) atoms. The fourth-order valence-electron chi connectivity index (χ4n) is 5.20. The first-order valence-corrected chi connectivity index (χ1v) is 12.8. The quantitative estimate of drug-likeness (QED) is 0.605. The molecule has 2 fully saturated rings. The van der Waals surface area contributed by atoms with Gasteiger partial charge in [0.15, 0.2) is 0 Å². The van der Waals surface area contributed by atoms with E-state index >= 15 is 0 Å². The number of nitrogens with zero attached hydrogens (tertiary/aromatic N) is 2. The van der Waals surface area contributed by atoms with Crippen LogP contribution in [0, 0.1) is 12.8 Å². The zero-order valence-corrected chi connectivity index (χ0v) is 21.6. The van der Waals surface area contributed by atoms with Gasteiger partial charge < -0.3 is 19.7 Å². The molecule has 0 radical (unpaired) electrons. The maximum absolute atomic E-state index is 11.5. The number of allylic oxidation sites excluding steroid dienone is 3. The van der Waals surface area contributed by atoms with Crippen molar-refractivity contribution in [2.45, 2.75) is 59.5 Å². The average molecular weight is 473 g/mol. The van der Waals surface area contributed by atoms with Crippen LogP contribution in [-0.2, 0) is 22.6 Å². The Labute approximate surface area is 205 Å². The highest BCUT2D eigenvalue weighted by Crippen LogP contribution is 2.48. The van der Waals surface area contributed by atoms with Crippen molar-refractivity contribution in [2.75, 3.05) is 52.6 Å². The van der Waals surface area contributed by atoms with Gasteiger partial charge in [0.2, 0.25) is 0 Å². The highest BCUT2D eigenvalue weighted by atomic mass is 16.5. The Balaban J connectivity index is 0.00000103. The summed E-state index contributed by atoms with van der Waals surface area (Å²) >= 11 is 0. The van der Waals surface area contributed by atoms with Gasteiger partial charge in [0.25, 0.3) is 0 Å². The molecular weight excluding hydrogens is 428 g/mol. The second kappa shape index (κ2) is 12.7. The van der Waals surface area contributed by atoms with Crippen LogP contribution in [0.2, 0.25) is 0 Å². The Morgan fingerprint density at radius 3 is 1.82 bits per heavy atom. The van der Waals surface area contributed by atoms with Crippen LogP contribution in [0.15, 0.2) is 24.3 Å². The van der Waals surface area contributed by atoms with E-state index in [2.05, 4.69) is 43.2 Å². The molecule has 1 aromatic rings. The van der Waals surface area contributed by atoms with Crippen LogP contribution in [0.4, 0.5) is 0 Å². The summed E-state index contributed by atoms with van der Waals surface area (Å²) in [4.78, 5) is 4.69. The summed E-state index contributed by atoms with van der Waals surface area (Å²) in [5.74, 6) is 1.00. The summed E-state index contributed by atoms with van der Waals surface area (Å²) < 4.78 is 11.0.